The van der Waals surface area contributed by atoms with Gasteiger partial charge in [-0.15, -0.1) is 0 Å². The van der Waals surface area contributed by atoms with Gasteiger partial charge in [-0.05, 0) is 25.8 Å². The fourth-order valence-corrected chi connectivity index (χ4v) is 1.77. The molecule has 1 saturated heterocycles. The molecule has 0 atom stereocenters. The summed E-state index contributed by atoms with van der Waals surface area (Å²) >= 11 is 0. The highest BCUT2D eigenvalue weighted by Crippen LogP contribution is 2.24. The topological polar surface area (TPSA) is 15.3 Å². The van der Waals surface area contributed by atoms with Crippen molar-refractivity contribution in [2.24, 2.45) is 0 Å². The van der Waals surface area contributed by atoms with E-state index in [1.54, 1.807) is 0 Å². The van der Waals surface area contributed by atoms with Gasteiger partial charge in [0.1, 0.15) is 0 Å². The molecule has 1 aliphatic carbocycles. The maximum Gasteiger partial charge on any atom is 0.0483 e. The van der Waals surface area contributed by atoms with Crippen molar-refractivity contribution in [3.63, 3.8) is 0 Å². The van der Waals surface area contributed by atoms with Gasteiger partial charge >= 0.3 is 0 Å². The second-order valence-corrected chi connectivity index (χ2v) is 3.41. The van der Waals surface area contributed by atoms with E-state index in [4.69, 9.17) is 0 Å². The molecule has 2 heteroatoms. The maximum absolute atomic E-state index is 3.41. The van der Waals surface area contributed by atoms with Crippen LogP contribution in [0.2, 0.25) is 0 Å². The Morgan fingerprint density at radius 2 is 2.10 bits per heavy atom. The predicted octanol–water partition coefficient (Wildman–Crippen LogP) is 0.792. The summed E-state index contributed by atoms with van der Waals surface area (Å²) in [5, 5.41) is 3.41. The van der Waals surface area contributed by atoms with Crippen LogP contribution in [-0.4, -0.2) is 30.7 Å². The molecule has 0 aromatic carbocycles. The highest BCUT2D eigenvalue weighted by Gasteiger charge is 2.25. The monoisotopic (exact) mass is 140 g/mol. The van der Waals surface area contributed by atoms with E-state index in [2.05, 4.69) is 10.2 Å². The zero-order valence-electron chi connectivity index (χ0n) is 6.47. The second-order valence-electron chi connectivity index (χ2n) is 3.41. The average Bonchev–Trinajstić information content (AvgIpc) is 1.86. The molecule has 0 amide bonds. The van der Waals surface area contributed by atoms with Crippen LogP contribution < -0.4 is 5.32 Å². The molecule has 1 heterocycles. The Bertz CT molecular complexity index is 104. The lowest BCUT2D eigenvalue weighted by Gasteiger charge is -2.39. The van der Waals surface area contributed by atoms with Crippen molar-refractivity contribution in [3.8, 4) is 0 Å². The fourth-order valence-electron chi connectivity index (χ4n) is 1.77. The van der Waals surface area contributed by atoms with E-state index in [1.807, 2.05) is 0 Å². The standard InChI is InChI=1S/C8H16N2/c1-3-8(4-1)10-6-2-5-9-7-10/h8-9H,1-7H2. The fraction of sp³-hybridized carbons (Fsp3) is 1.00. The van der Waals surface area contributed by atoms with Crippen molar-refractivity contribution < 1.29 is 0 Å². The van der Waals surface area contributed by atoms with E-state index in [0.717, 1.165) is 12.7 Å². The molecule has 2 aliphatic rings. The summed E-state index contributed by atoms with van der Waals surface area (Å²) in [5.74, 6) is 0. The van der Waals surface area contributed by atoms with E-state index in [0.29, 0.717) is 0 Å². The predicted molar refractivity (Wildman–Crippen MR) is 41.8 cm³/mol. The van der Waals surface area contributed by atoms with Crippen LogP contribution in [0.1, 0.15) is 25.7 Å². The maximum atomic E-state index is 3.41. The van der Waals surface area contributed by atoms with Crippen LogP contribution in [0.15, 0.2) is 0 Å². The molecule has 0 bridgehead atoms. The highest BCUT2D eigenvalue weighted by atomic mass is 15.3. The summed E-state index contributed by atoms with van der Waals surface area (Å²) in [4.78, 5) is 2.59. The Morgan fingerprint density at radius 1 is 1.20 bits per heavy atom. The van der Waals surface area contributed by atoms with Crippen molar-refractivity contribution in [2.75, 3.05) is 19.8 Å². The van der Waals surface area contributed by atoms with Crippen molar-refractivity contribution in [3.05, 3.63) is 0 Å². The summed E-state index contributed by atoms with van der Waals surface area (Å²) in [7, 11) is 0. The minimum absolute atomic E-state index is 0.938. The van der Waals surface area contributed by atoms with Crippen molar-refractivity contribution >= 4 is 0 Å². The van der Waals surface area contributed by atoms with Crippen molar-refractivity contribution in [2.45, 2.75) is 31.7 Å². The summed E-state index contributed by atoms with van der Waals surface area (Å²) in [6.45, 7) is 3.70. The minimum atomic E-state index is 0.938. The Kier molecular flexibility index (Phi) is 1.91. The summed E-state index contributed by atoms with van der Waals surface area (Å²) < 4.78 is 0. The van der Waals surface area contributed by atoms with Gasteiger partial charge in [0.2, 0.25) is 0 Å². The quantitative estimate of drug-likeness (QED) is 0.579. The van der Waals surface area contributed by atoms with Gasteiger partial charge in [0.05, 0.1) is 0 Å². The van der Waals surface area contributed by atoms with Gasteiger partial charge in [-0.25, -0.2) is 0 Å². The van der Waals surface area contributed by atoms with Gasteiger partial charge in [0, 0.05) is 19.3 Å². The van der Waals surface area contributed by atoms with Crippen LogP contribution in [0.4, 0.5) is 0 Å². The summed E-state index contributed by atoms with van der Waals surface area (Å²) in [6, 6.07) is 0.938. The van der Waals surface area contributed by atoms with Crippen LogP contribution in [-0.2, 0) is 0 Å². The molecule has 2 rings (SSSR count). The Labute approximate surface area is 62.6 Å². The lowest BCUT2D eigenvalue weighted by Crippen LogP contribution is -2.49. The van der Waals surface area contributed by atoms with Gasteiger partial charge in [-0.3, -0.25) is 4.90 Å². The third-order valence-corrected chi connectivity index (χ3v) is 2.70. The van der Waals surface area contributed by atoms with E-state index < -0.39 is 0 Å². The molecule has 58 valence electrons. The first kappa shape index (κ1) is 6.62. The van der Waals surface area contributed by atoms with Gasteiger partial charge < -0.3 is 5.32 Å². The molecule has 0 radical (unpaired) electrons. The Morgan fingerprint density at radius 3 is 2.60 bits per heavy atom. The van der Waals surface area contributed by atoms with E-state index >= 15 is 0 Å². The molecule has 0 spiro atoms. The summed E-state index contributed by atoms with van der Waals surface area (Å²) in [6.07, 6.45) is 5.70. The lowest BCUT2D eigenvalue weighted by molar-refractivity contribution is 0.0974. The molecule has 0 unspecified atom stereocenters. The van der Waals surface area contributed by atoms with Gasteiger partial charge in [-0.1, -0.05) is 6.42 Å². The normalized spacial score (nSPS) is 30.0. The van der Waals surface area contributed by atoms with Crippen LogP contribution >= 0.6 is 0 Å². The van der Waals surface area contributed by atoms with Crippen LogP contribution in [0.3, 0.4) is 0 Å². The lowest BCUT2D eigenvalue weighted by atomic mass is 9.91. The molecule has 1 aliphatic heterocycles. The number of nitrogens with one attached hydrogen (secondary N) is 1. The molecular weight excluding hydrogens is 124 g/mol. The zero-order valence-corrected chi connectivity index (χ0v) is 6.47. The first-order chi connectivity index (χ1) is 4.97. The van der Waals surface area contributed by atoms with Crippen LogP contribution in [0.5, 0.6) is 0 Å². The minimum Gasteiger partial charge on any atom is -0.304 e. The van der Waals surface area contributed by atoms with Crippen LogP contribution in [0.25, 0.3) is 0 Å². The second kappa shape index (κ2) is 2.89. The molecule has 2 fully saturated rings. The molecule has 2 nitrogen and oxygen atoms in total. The first-order valence-corrected chi connectivity index (χ1v) is 4.41. The van der Waals surface area contributed by atoms with Gasteiger partial charge in [0.25, 0.3) is 0 Å². The molecule has 1 N–H and O–H groups in total. The number of rotatable bonds is 1. The van der Waals surface area contributed by atoms with Crippen molar-refractivity contribution in [1.82, 2.24) is 10.2 Å². The number of hydrogen-bond donors (Lipinski definition) is 1. The van der Waals surface area contributed by atoms with Crippen molar-refractivity contribution in [1.29, 1.82) is 0 Å². The van der Waals surface area contributed by atoms with Gasteiger partial charge in [-0.2, -0.15) is 0 Å². The first-order valence-electron chi connectivity index (χ1n) is 4.41. The summed E-state index contributed by atoms with van der Waals surface area (Å²) in [5.41, 5.74) is 0. The van der Waals surface area contributed by atoms with E-state index in [-0.39, 0.29) is 0 Å². The molecule has 0 aromatic rings. The number of nitrogens with zero attached hydrogens (tertiary/aromatic N) is 1. The molecular formula is C8H16N2. The largest absolute Gasteiger partial charge is 0.304 e. The smallest absolute Gasteiger partial charge is 0.0483 e. The highest BCUT2D eigenvalue weighted by molar-refractivity contribution is 4.81. The van der Waals surface area contributed by atoms with E-state index in [9.17, 15) is 0 Å². The number of hydrogen-bond acceptors (Lipinski definition) is 2. The van der Waals surface area contributed by atoms with Crippen LogP contribution in [0, 0.1) is 0 Å². The third-order valence-electron chi connectivity index (χ3n) is 2.70. The Balaban J connectivity index is 1.78. The molecule has 0 aromatic heterocycles. The molecule has 10 heavy (non-hydrogen) atoms. The van der Waals surface area contributed by atoms with E-state index in [1.165, 1.54) is 38.8 Å². The zero-order chi connectivity index (χ0) is 6.81. The van der Waals surface area contributed by atoms with Gasteiger partial charge in [0.15, 0.2) is 0 Å². The molecule has 1 saturated carbocycles. The third kappa shape index (κ3) is 1.18. The Hall–Kier alpha value is -0.0800. The average molecular weight is 140 g/mol. The SMILES string of the molecule is C1CC(N2CCCNC2)C1.